The maximum Gasteiger partial charge on any atom is 0.276 e. The van der Waals surface area contributed by atoms with E-state index in [0.717, 1.165) is 50.2 Å². The average Bonchev–Trinajstić information content (AvgIpc) is 3.37. The highest BCUT2D eigenvalue weighted by molar-refractivity contribution is 5.93. The molecule has 0 bridgehead atoms. The first-order valence-electron chi connectivity index (χ1n) is 10.9. The second kappa shape index (κ2) is 8.67. The predicted molar refractivity (Wildman–Crippen MR) is 121 cm³/mol. The summed E-state index contributed by atoms with van der Waals surface area (Å²) >= 11 is 0. The Kier molecular flexibility index (Phi) is 6.58. The molecule has 30 heavy (non-hydrogen) atoms. The summed E-state index contributed by atoms with van der Waals surface area (Å²) in [6.07, 6.45) is 3.92. The van der Waals surface area contributed by atoms with Gasteiger partial charge in [0.05, 0.1) is 11.4 Å². The molecule has 6 nitrogen and oxygen atoms in total. The first kappa shape index (κ1) is 22.8. The number of benzene rings is 1. The Morgan fingerprint density at radius 2 is 1.87 bits per heavy atom. The molecule has 2 heterocycles. The minimum Gasteiger partial charge on any atom is -0.337 e. The van der Waals surface area contributed by atoms with Gasteiger partial charge in [-0.2, -0.15) is 0 Å². The maximum absolute atomic E-state index is 13.3. The molecule has 164 valence electrons. The van der Waals surface area contributed by atoms with Crippen LogP contribution >= 0.6 is 12.4 Å². The van der Waals surface area contributed by atoms with Gasteiger partial charge in [0.2, 0.25) is 0 Å². The zero-order chi connectivity index (χ0) is 20.8. The molecule has 2 aliphatic rings. The molecule has 2 fully saturated rings. The molecule has 3 atom stereocenters. The minimum absolute atomic E-state index is 0. The second-order valence-corrected chi connectivity index (χ2v) is 9.72. The fourth-order valence-electron chi connectivity index (χ4n) is 4.86. The molecule has 1 aliphatic heterocycles. The number of rotatable bonds is 4. The van der Waals surface area contributed by atoms with Gasteiger partial charge in [0.1, 0.15) is 0 Å². The highest BCUT2D eigenvalue weighted by atomic mass is 35.5. The van der Waals surface area contributed by atoms with Gasteiger partial charge in [0, 0.05) is 19.1 Å². The summed E-state index contributed by atoms with van der Waals surface area (Å²) < 4.78 is 1.84. The molecule has 1 saturated carbocycles. The van der Waals surface area contributed by atoms with Gasteiger partial charge in [-0.15, -0.1) is 17.5 Å². The van der Waals surface area contributed by atoms with Crippen molar-refractivity contribution in [2.24, 2.45) is 17.6 Å². The number of fused-ring (bicyclic) bond motifs is 1. The third-order valence-corrected chi connectivity index (χ3v) is 6.63. The number of likely N-dealkylation sites (tertiary alicyclic amines) is 1. The van der Waals surface area contributed by atoms with Crippen LogP contribution in [0.1, 0.15) is 68.7 Å². The minimum atomic E-state index is 0. The van der Waals surface area contributed by atoms with E-state index in [-0.39, 0.29) is 29.8 Å². The van der Waals surface area contributed by atoms with E-state index < -0.39 is 0 Å². The molecular formula is C23H34ClN5O. The normalized spacial score (nSPS) is 23.4. The molecule has 0 radical (unpaired) electrons. The van der Waals surface area contributed by atoms with E-state index in [1.165, 1.54) is 5.56 Å². The summed E-state index contributed by atoms with van der Waals surface area (Å²) in [6.45, 7) is 10.3. The highest BCUT2D eigenvalue weighted by Crippen LogP contribution is 2.37. The number of amides is 1. The summed E-state index contributed by atoms with van der Waals surface area (Å²) in [4.78, 5) is 15.2. The summed E-state index contributed by atoms with van der Waals surface area (Å²) in [5, 5.41) is 8.70. The van der Waals surface area contributed by atoms with Crippen LogP contribution in [0.2, 0.25) is 0 Å². The molecule has 0 spiro atoms. The van der Waals surface area contributed by atoms with Crippen LogP contribution in [0.3, 0.4) is 0 Å². The Bertz CT molecular complexity index is 886. The molecule has 2 aromatic rings. The van der Waals surface area contributed by atoms with Gasteiger partial charge in [0.15, 0.2) is 5.69 Å². The van der Waals surface area contributed by atoms with Crippen LogP contribution in [-0.2, 0) is 11.8 Å². The summed E-state index contributed by atoms with van der Waals surface area (Å²) in [5.74, 6) is 0.990. The molecule has 1 aliphatic carbocycles. The molecule has 7 heteroatoms. The smallest absolute Gasteiger partial charge is 0.276 e. The van der Waals surface area contributed by atoms with Crippen LogP contribution in [0.25, 0.3) is 5.69 Å². The Morgan fingerprint density at radius 1 is 1.17 bits per heavy atom. The van der Waals surface area contributed by atoms with Crippen molar-refractivity contribution < 1.29 is 4.79 Å². The Labute approximate surface area is 185 Å². The topological polar surface area (TPSA) is 77.0 Å². The lowest BCUT2D eigenvalue weighted by Gasteiger charge is -2.19. The van der Waals surface area contributed by atoms with E-state index in [1.54, 1.807) is 0 Å². The van der Waals surface area contributed by atoms with Gasteiger partial charge in [-0.3, -0.25) is 4.79 Å². The van der Waals surface area contributed by atoms with E-state index in [0.29, 0.717) is 17.5 Å². The monoisotopic (exact) mass is 431 g/mol. The fourth-order valence-corrected chi connectivity index (χ4v) is 4.86. The van der Waals surface area contributed by atoms with Crippen LogP contribution < -0.4 is 5.73 Å². The first-order chi connectivity index (χ1) is 13.8. The Balaban J connectivity index is 0.00000256. The third-order valence-electron chi connectivity index (χ3n) is 6.63. The standard InChI is InChI=1S/C23H33N5O.ClH/c1-5-6-20-21(22(29)27-13-15-7-12-19(24)18(15)14-27)25-26-28(20)17-10-8-16(9-11-17)23(2,3)4;/h8-11,15,18-19H,5-7,12-14,24H2,1-4H3;1H. The lowest BCUT2D eigenvalue weighted by atomic mass is 9.87. The van der Waals surface area contributed by atoms with Crippen molar-refractivity contribution in [1.82, 2.24) is 19.9 Å². The quantitative estimate of drug-likeness (QED) is 0.799. The number of carbonyl (C=O) groups is 1. The van der Waals surface area contributed by atoms with Crippen molar-refractivity contribution in [3.05, 3.63) is 41.2 Å². The van der Waals surface area contributed by atoms with Crippen molar-refractivity contribution in [3.8, 4) is 5.69 Å². The zero-order valence-corrected chi connectivity index (χ0v) is 19.3. The second-order valence-electron chi connectivity index (χ2n) is 9.72. The molecule has 1 saturated heterocycles. The molecule has 3 unspecified atom stereocenters. The van der Waals surface area contributed by atoms with Gasteiger partial charge >= 0.3 is 0 Å². The molecular weight excluding hydrogens is 398 g/mol. The number of hydrogen-bond donors (Lipinski definition) is 1. The fraction of sp³-hybridized carbons (Fsp3) is 0.609. The first-order valence-corrected chi connectivity index (χ1v) is 10.9. The number of nitrogens with zero attached hydrogens (tertiary/aromatic N) is 4. The lowest BCUT2D eigenvalue weighted by molar-refractivity contribution is 0.0772. The number of nitrogens with two attached hydrogens (primary N) is 1. The van der Waals surface area contributed by atoms with Crippen molar-refractivity contribution in [3.63, 3.8) is 0 Å². The molecule has 1 aromatic carbocycles. The number of carbonyl (C=O) groups excluding carboxylic acids is 1. The van der Waals surface area contributed by atoms with Crippen LogP contribution in [-0.4, -0.2) is 44.9 Å². The van der Waals surface area contributed by atoms with Crippen LogP contribution in [0, 0.1) is 11.8 Å². The highest BCUT2D eigenvalue weighted by Gasteiger charge is 2.43. The van der Waals surface area contributed by atoms with E-state index in [2.05, 4.69) is 62.3 Å². The Hall–Kier alpha value is -1.92. The molecule has 4 rings (SSSR count). The third kappa shape index (κ3) is 4.12. The van der Waals surface area contributed by atoms with E-state index >= 15 is 0 Å². The van der Waals surface area contributed by atoms with Crippen molar-refractivity contribution in [1.29, 1.82) is 0 Å². The van der Waals surface area contributed by atoms with Crippen LogP contribution in [0.5, 0.6) is 0 Å². The average molecular weight is 432 g/mol. The summed E-state index contributed by atoms with van der Waals surface area (Å²) in [5.41, 5.74) is 9.98. The van der Waals surface area contributed by atoms with E-state index in [9.17, 15) is 4.79 Å². The van der Waals surface area contributed by atoms with E-state index in [4.69, 9.17) is 5.73 Å². The van der Waals surface area contributed by atoms with Gasteiger partial charge in [-0.05, 0) is 54.2 Å². The largest absolute Gasteiger partial charge is 0.337 e. The SMILES string of the molecule is CCCc1c(C(=O)N2CC3CCC(N)C3C2)nnn1-c1ccc(C(C)(C)C)cc1.Cl. The molecule has 1 amide bonds. The number of hydrogen-bond acceptors (Lipinski definition) is 4. The summed E-state index contributed by atoms with van der Waals surface area (Å²) in [7, 11) is 0. The predicted octanol–water partition coefficient (Wildman–Crippen LogP) is 3.75. The van der Waals surface area contributed by atoms with Crippen molar-refractivity contribution >= 4 is 18.3 Å². The maximum atomic E-state index is 13.3. The van der Waals surface area contributed by atoms with E-state index in [1.807, 2.05) is 9.58 Å². The zero-order valence-electron chi connectivity index (χ0n) is 18.5. The Morgan fingerprint density at radius 3 is 2.47 bits per heavy atom. The van der Waals surface area contributed by atoms with Gasteiger partial charge in [-0.25, -0.2) is 4.68 Å². The van der Waals surface area contributed by atoms with Gasteiger partial charge in [-0.1, -0.05) is 51.5 Å². The van der Waals surface area contributed by atoms with Crippen LogP contribution in [0.15, 0.2) is 24.3 Å². The lowest BCUT2D eigenvalue weighted by Crippen LogP contribution is -2.34. The van der Waals surface area contributed by atoms with Crippen molar-refractivity contribution in [2.45, 2.75) is 64.8 Å². The van der Waals surface area contributed by atoms with Crippen molar-refractivity contribution in [2.75, 3.05) is 13.1 Å². The molecule has 1 aromatic heterocycles. The van der Waals surface area contributed by atoms with Gasteiger partial charge < -0.3 is 10.6 Å². The van der Waals surface area contributed by atoms with Crippen LogP contribution in [0.4, 0.5) is 0 Å². The number of aromatic nitrogens is 3. The molecule has 2 N–H and O–H groups in total. The van der Waals surface area contributed by atoms with Gasteiger partial charge in [0.25, 0.3) is 5.91 Å². The number of halogens is 1. The summed E-state index contributed by atoms with van der Waals surface area (Å²) in [6, 6.07) is 8.64.